The van der Waals surface area contributed by atoms with E-state index in [2.05, 4.69) is 9.97 Å². The Kier molecular flexibility index (Phi) is 2.52. The largest absolute Gasteiger partial charge is 0.395 e. The Morgan fingerprint density at radius 3 is 2.55 bits per heavy atom. The molecule has 1 rings (SSSR count). The van der Waals surface area contributed by atoms with Gasteiger partial charge in [-0.1, -0.05) is 18.5 Å². The van der Waals surface area contributed by atoms with Crippen molar-refractivity contribution < 1.29 is 0 Å². The Morgan fingerprint density at radius 2 is 2.00 bits per heavy atom. The summed E-state index contributed by atoms with van der Waals surface area (Å²) in [5, 5.41) is 0.364. The zero-order valence-electron chi connectivity index (χ0n) is 5.93. The van der Waals surface area contributed by atoms with Crippen LogP contribution in [-0.4, -0.2) is 9.97 Å². The van der Waals surface area contributed by atoms with Gasteiger partial charge < -0.3 is 5.73 Å². The van der Waals surface area contributed by atoms with Crippen molar-refractivity contribution in [1.29, 1.82) is 0 Å². The van der Waals surface area contributed by atoms with Crippen LogP contribution in [0.2, 0.25) is 10.4 Å². The minimum Gasteiger partial charge on any atom is -0.395 e. The highest BCUT2D eigenvalue weighted by Gasteiger charge is 2.06. The van der Waals surface area contributed by atoms with Gasteiger partial charge in [-0.2, -0.15) is 0 Å². The summed E-state index contributed by atoms with van der Waals surface area (Å²) in [5.41, 5.74) is 6.65. The molecule has 0 aliphatic carbocycles. The van der Waals surface area contributed by atoms with Gasteiger partial charge in [-0.3, -0.25) is 0 Å². The normalized spacial score (nSPS) is 10.1. The first-order chi connectivity index (χ1) is 5.15. The number of nitrogen functional groups attached to an aromatic ring is 1. The van der Waals surface area contributed by atoms with E-state index < -0.39 is 0 Å². The van der Waals surface area contributed by atoms with E-state index in [0.717, 1.165) is 0 Å². The second kappa shape index (κ2) is 3.24. The van der Waals surface area contributed by atoms with Gasteiger partial charge in [-0.15, -0.1) is 0 Å². The van der Waals surface area contributed by atoms with Crippen molar-refractivity contribution >= 4 is 28.9 Å². The number of nitrogens with two attached hydrogens (primary N) is 1. The van der Waals surface area contributed by atoms with Gasteiger partial charge in [0.05, 0.1) is 11.4 Å². The van der Waals surface area contributed by atoms with Gasteiger partial charge in [0, 0.05) is 0 Å². The molecular formula is C6H7Cl2N3. The van der Waals surface area contributed by atoms with Crippen LogP contribution < -0.4 is 5.73 Å². The molecule has 3 nitrogen and oxygen atoms in total. The highest BCUT2D eigenvalue weighted by Crippen LogP contribution is 2.20. The average Bonchev–Trinajstić information content (AvgIpc) is 1.96. The minimum absolute atomic E-state index is 0.140. The molecule has 0 aromatic carbocycles. The molecule has 2 N–H and O–H groups in total. The molecule has 0 spiro atoms. The first-order valence-corrected chi connectivity index (χ1v) is 3.88. The van der Waals surface area contributed by atoms with Gasteiger partial charge in [0.15, 0.2) is 5.15 Å². The molecule has 1 heterocycles. The van der Waals surface area contributed by atoms with Crippen molar-refractivity contribution in [2.75, 3.05) is 5.73 Å². The Hall–Kier alpha value is -0.540. The third-order valence-electron chi connectivity index (χ3n) is 1.29. The highest BCUT2D eigenvalue weighted by atomic mass is 35.5. The van der Waals surface area contributed by atoms with Gasteiger partial charge in [0.2, 0.25) is 5.28 Å². The molecule has 0 aliphatic heterocycles. The SMILES string of the molecule is CCc1nc(Cl)nc(Cl)c1N. The Balaban J connectivity index is 3.24. The first-order valence-electron chi connectivity index (χ1n) is 3.12. The highest BCUT2D eigenvalue weighted by molar-refractivity contribution is 6.33. The fraction of sp³-hybridized carbons (Fsp3) is 0.333. The number of rotatable bonds is 1. The topological polar surface area (TPSA) is 51.8 Å². The zero-order valence-corrected chi connectivity index (χ0v) is 7.45. The second-order valence-corrected chi connectivity index (χ2v) is 2.69. The van der Waals surface area contributed by atoms with Crippen molar-refractivity contribution in [3.63, 3.8) is 0 Å². The number of hydrogen-bond acceptors (Lipinski definition) is 3. The van der Waals surface area contributed by atoms with Crippen molar-refractivity contribution in [3.05, 3.63) is 16.1 Å². The predicted molar refractivity (Wildman–Crippen MR) is 45.8 cm³/mol. The molecule has 0 fully saturated rings. The van der Waals surface area contributed by atoms with Crippen LogP contribution in [0, 0.1) is 0 Å². The lowest BCUT2D eigenvalue weighted by molar-refractivity contribution is 1.01. The van der Waals surface area contributed by atoms with Crippen LogP contribution in [0.4, 0.5) is 5.69 Å². The van der Waals surface area contributed by atoms with Crippen LogP contribution in [0.15, 0.2) is 0 Å². The second-order valence-electron chi connectivity index (χ2n) is 2.00. The molecule has 5 heteroatoms. The zero-order chi connectivity index (χ0) is 8.43. The van der Waals surface area contributed by atoms with Crippen LogP contribution in [-0.2, 0) is 6.42 Å². The molecule has 0 radical (unpaired) electrons. The monoisotopic (exact) mass is 191 g/mol. The van der Waals surface area contributed by atoms with Gasteiger partial charge in [-0.25, -0.2) is 9.97 Å². The summed E-state index contributed by atoms with van der Waals surface area (Å²) in [5.74, 6) is 0. The summed E-state index contributed by atoms with van der Waals surface area (Å²) in [6.07, 6.45) is 0.702. The van der Waals surface area contributed by atoms with Gasteiger partial charge >= 0.3 is 0 Å². The molecule has 0 saturated heterocycles. The number of anilines is 1. The van der Waals surface area contributed by atoms with E-state index in [1.165, 1.54) is 0 Å². The number of aryl methyl sites for hydroxylation is 1. The molecule has 0 unspecified atom stereocenters. The van der Waals surface area contributed by atoms with Crippen molar-refractivity contribution in [1.82, 2.24) is 9.97 Å². The van der Waals surface area contributed by atoms with Crippen LogP contribution in [0.1, 0.15) is 12.6 Å². The number of aromatic nitrogens is 2. The summed E-state index contributed by atoms with van der Waals surface area (Å²) in [7, 11) is 0. The van der Waals surface area contributed by atoms with E-state index in [9.17, 15) is 0 Å². The quantitative estimate of drug-likeness (QED) is 0.546. The van der Waals surface area contributed by atoms with E-state index in [1.54, 1.807) is 0 Å². The van der Waals surface area contributed by atoms with Crippen molar-refractivity contribution in [2.45, 2.75) is 13.3 Å². The van der Waals surface area contributed by atoms with Crippen LogP contribution in [0.5, 0.6) is 0 Å². The standard InChI is InChI=1S/C6H7Cl2N3/c1-2-3-4(9)5(7)11-6(8)10-3/h2,9H2,1H3. The molecule has 0 atom stereocenters. The summed E-state index contributed by atoms with van der Waals surface area (Å²) in [6.45, 7) is 1.92. The predicted octanol–water partition coefficient (Wildman–Crippen LogP) is 1.93. The van der Waals surface area contributed by atoms with Crippen molar-refractivity contribution in [3.8, 4) is 0 Å². The first kappa shape index (κ1) is 8.56. The molecule has 0 amide bonds. The maximum Gasteiger partial charge on any atom is 0.224 e. The summed E-state index contributed by atoms with van der Waals surface area (Å²) in [6, 6.07) is 0. The lowest BCUT2D eigenvalue weighted by atomic mass is 10.3. The van der Waals surface area contributed by atoms with E-state index in [-0.39, 0.29) is 10.4 Å². The average molecular weight is 192 g/mol. The van der Waals surface area contributed by atoms with Crippen LogP contribution in [0.3, 0.4) is 0 Å². The van der Waals surface area contributed by atoms with Gasteiger partial charge in [0.25, 0.3) is 0 Å². The number of nitrogens with zero attached hydrogens (tertiary/aromatic N) is 2. The minimum atomic E-state index is 0.140. The third kappa shape index (κ3) is 1.73. The molecule has 1 aromatic heterocycles. The maximum absolute atomic E-state index is 5.64. The summed E-state index contributed by atoms with van der Waals surface area (Å²) < 4.78 is 0. The summed E-state index contributed by atoms with van der Waals surface area (Å²) >= 11 is 11.2. The van der Waals surface area contributed by atoms with E-state index in [1.807, 2.05) is 6.92 Å². The lowest BCUT2D eigenvalue weighted by Crippen LogP contribution is -2.00. The smallest absolute Gasteiger partial charge is 0.224 e. The molecule has 0 aliphatic rings. The summed E-state index contributed by atoms with van der Waals surface area (Å²) in [4.78, 5) is 7.57. The van der Waals surface area contributed by atoms with E-state index in [4.69, 9.17) is 28.9 Å². The third-order valence-corrected chi connectivity index (χ3v) is 1.74. The fourth-order valence-electron chi connectivity index (χ4n) is 0.726. The maximum atomic E-state index is 5.64. The van der Waals surface area contributed by atoms with E-state index >= 15 is 0 Å². The van der Waals surface area contributed by atoms with Crippen molar-refractivity contribution in [2.24, 2.45) is 0 Å². The van der Waals surface area contributed by atoms with Gasteiger partial charge in [-0.05, 0) is 18.0 Å². The fourth-order valence-corrected chi connectivity index (χ4v) is 1.15. The molecule has 11 heavy (non-hydrogen) atoms. The number of hydrogen-bond donors (Lipinski definition) is 1. The van der Waals surface area contributed by atoms with Crippen LogP contribution in [0.25, 0.3) is 0 Å². The Bertz CT molecular complexity index is 275. The Morgan fingerprint density at radius 1 is 1.36 bits per heavy atom. The van der Waals surface area contributed by atoms with Crippen LogP contribution >= 0.6 is 23.2 Å². The lowest BCUT2D eigenvalue weighted by Gasteiger charge is -2.02. The Labute approximate surface area is 74.5 Å². The molecule has 1 aromatic rings. The van der Waals surface area contributed by atoms with Gasteiger partial charge in [0.1, 0.15) is 0 Å². The number of halogens is 2. The molecular weight excluding hydrogens is 185 g/mol. The molecule has 0 bridgehead atoms. The van der Waals surface area contributed by atoms with E-state index in [0.29, 0.717) is 17.8 Å². The molecule has 60 valence electrons. The molecule has 0 saturated carbocycles.